The van der Waals surface area contributed by atoms with E-state index in [-0.39, 0.29) is 12.0 Å². The SMILES string of the molecule is NC(=O)c1ccc(CN2CCC[C@@H]2[C@@H]2CCCC[C@@H]2O)cc1. The number of hydrogen-bond acceptors (Lipinski definition) is 3. The fourth-order valence-corrected chi connectivity index (χ4v) is 4.13. The molecule has 3 atom stereocenters. The van der Waals surface area contributed by atoms with Gasteiger partial charge in [-0.3, -0.25) is 9.69 Å². The van der Waals surface area contributed by atoms with E-state index in [1.165, 1.54) is 31.2 Å². The number of amides is 1. The fourth-order valence-electron chi connectivity index (χ4n) is 4.13. The lowest BCUT2D eigenvalue weighted by molar-refractivity contribution is 0.0201. The largest absolute Gasteiger partial charge is 0.393 e. The summed E-state index contributed by atoms with van der Waals surface area (Å²) in [5.74, 6) is 0.0528. The van der Waals surface area contributed by atoms with Crippen LogP contribution < -0.4 is 5.73 Å². The van der Waals surface area contributed by atoms with Crippen LogP contribution in [0, 0.1) is 5.92 Å². The molecule has 0 spiro atoms. The van der Waals surface area contributed by atoms with Crippen molar-refractivity contribution in [3.05, 3.63) is 35.4 Å². The van der Waals surface area contributed by atoms with Gasteiger partial charge >= 0.3 is 0 Å². The highest BCUT2D eigenvalue weighted by molar-refractivity contribution is 5.92. The molecule has 1 heterocycles. The minimum absolute atomic E-state index is 0.128. The molecule has 3 rings (SSSR count). The molecule has 22 heavy (non-hydrogen) atoms. The summed E-state index contributed by atoms with van der Waals surface area (Å²) < 4.78 is 0. The van der Waals surface area contributed by atoms with Crippen LogP contribution in [0.25, 0.3) is 0 Å². The monoisotopic (exact) mass is 302 g/mol. The van der Waals surface area contributed by atoms with Gasteiger partial charge in [0, 0.05) is 24.1 Å². The molecule has 1 aromatic carbocycles. The molecule has 0 unspecified atom stereocenters. The van der Waals surface area contributed by atoms with Gasteiger partial charge in [0.2, 0.25) is 5.91 Å². The first-order chi connectivity index (χ1) is 10.6. The summed E-state index contributed by atoms with van der Waals surface area (Å²) in [6, 6.07) is 8.10. The van der Waals surface area contributed by atoms with Gasteiger partial charge in [-0.2, -0.15) is 0 Å². The average Bonchev–Trinajstić information content (AvgIpc) is 2.96. The molecular formula is C18H26N2O2. The lowest BCUT2D eigenvalue weighted by Crippen LogP contribution is -2.42. The Balaban J connectivity index is 1.66. The van der Waals surface area contributed by atoms with E-state index < -0.39 is 0 Å². The van der Waals surface area contributed by atoms with Crippen molar-refractivity contribution >= 4 is 5.91 Å². The van der Waals surface area contributed by atoms with E-state index in [0.29, 0.717) is 17.5 Å². The third-order valence-electron chi connectivity index (χ3n) is 5.31. The van der Waals surface area contributed by atoms with Crippen molar-refractivity contribution in [3.63, 3.8) is 0 Å². The topological polar surface area (TPSA) is 66.6 Å². The van der Waals surface area contributed by atoms with Crippen molar-refractivity contribution in [2.24, 2.45) is 11.7 Å². The Labute approximate surface area is 132 Å². The number of carbonyl (C=O) groups excluding carboxylic acids is 1. The van der Waals surface area contributed by atoms with Crippen LogP contribution in [-0.4, -0.2) is 34.6 Å². The summed E-state index contributed by atoms with van der Waals surface area (Å²) >= 11 is 0. The van der Waals surface area contributed by atoms with E-state index in [4.69, 9.17) is 5.73 Å². The Hall–Kier alpha value is -1.39. The highest BCUT2D eigenvalue weighted by Gasteiger charge is 2.36. The predicted octanol–water partition coefficient (Wildman–Crippen LogP) is 2.30. The molecule has 0 bridgehead atoms. The molecule has 1 aromatic rings. The van der Waals surface area contributed by atoms with E-state index in [1.807, 2.05) is 12.1 Å². The van der Waals surface area contributed by atoms with E-state index in [0.717, 1.165) is 25.9 Å². The van der Waals surface area contributed by atoms with Crippen LogP contribution in [-0.2, 0) is 6.54 Å². The van der Waals surface area contributed by atoms with Crippen LogP contribution in [0.4, 0.5) is 0 Å². The summed E-state index contributed by atoms with van der Waals surface area (Å²) in [4.78, 5) is 13.6. The maximum Gasteiger partial charge on any atom is 0.248 e. The van der Waals surface area contributed by atoms with Gasteiger partial charge in [-0.25, -0.2) is 0 Å². The van der Waals surface area contributed by atoms with Gasteiger partial charge in [0.15, 0.2) is 0 Å². The van der Waals surface area contributed by atoms with Crippen molar-refractivity contribution in [1.29, 1.82) is 0 Å². The highest BCUT2D eigenvalue weighted by Crippen LogP contribution is 2.35. The molecule has 1 aliphatic heterocycles. The van der Waals surface area contributed by atoms with E-state index in [1.54, 1.807) is 12.1 Å². The summed E-state index contributed by atoms with van der Waals surface area (Å²) in [5, 5.41) is 10.3. The number of rotatable bonds is 4. The second-order valence-corrected chi connectivity index (χ2v) is 6.76. The van der Waals surface area contributed by atoms with Gasteiger partial charge in [-0.15, -0.1) is 0 Å². The second-order valence-electron chi connectivity index (χ2n) is 6.76. The van der Waals surface area contributed by atoms with Crippen LogP contribution in [0.2, 0.25) is 0 Å². The quantitative estimate of drug-likeness (QED) is 0.897. The molecule has 1 amide bonds. The van der Waals surface area contributed by atoms with Crippen molar-refractivity contribution in [3.8, 4) is 0 Å². The summed E-state index contributed by atoms with van der Waals surface area (Å²) in [7, 11) is 0. The number of primary amides is 1. The number of aliphatic hydroxyl groups excluding tert-OH is 1. The Kier molecular flexibility index (Phi) is 4.79. The smallest absolute Gasteiger partial charge is 0.248 e. The van der Waals surface area contributed by atoms with Crippen LogP contribution in [0.3, 0.4) is 0 Å². The van der Waals surface area contributed by atoms with Crippen molar-refractivity contribution < 1.29 is 9.90 Å². The zero-order chi connectivity index (χ0) is 15.5. The zero-order valence-corrected chi connectivity index (χ0v) is 13.1. The van der Waals surface area contributed by atoms with Crippen LogP contribution >= 0.6 is 0 Å². The average molecular weight is 302 g/mol. The number of nitrogens with two attached hydrogens (primary N) is 1. The fraction of sp³-hybridized carbons (Fsp3) is 0.611. The molecule has 4 heteroatoms. The van der Waals surface area contributed by atoms with Gasteiger partial charge in [0.05, 0.1) is 6.10 Å². The number of nitrogens with zero attached hydrogens (tertiary/aromatic N) is 1. The highest BCUT2D eigenvalue weighted by atomic mass is 16.3. The second kappa shape index (κ2) is 6.80. The molecule has 3 N–H and O–H groups in total. The Morgan fingerprint density at radius 3 is 2.55 bits per heavy atom. The van der Waals surface area contributed by atoms with E-state index in [2.05, 4.69) is 4.90 Å². The Bertz CT molecular complexity index is 514. The molecule has 2 aliphatic rings. The molecule has 1 saturated carbocycles. The van der Waals surface area contributed by atoms with Gasteiger partial charge < -0.3 is 10.8 Å². The first-order valence-electron chi connectivity index (χ1n) is 8.46. The maximum absolute atomic E-state index is 11.1. The normalized spacial score (nSPS) is 29.6. The summed E-state index contributed by atoms with van der Waals surface area (Å²) in [6.45, 7) is 2.00. The lowest BCUT2D eigenvalue weighted by atomic mass is 9.80. The lowest BCUT2D eigenvalue weighted by Gasteiger charge is -2.37. The molecule has 0 aromatic heterocycles. The number of hydrogen-bond donors (Lipinski definition) is 2. The van der Waals surface area contributed by atoms with Crippen LogP contribution in [0.5, 0.6) is 0 Å². The van der Waals surface area contributed by atoms with Gasteiger partial charge in [0.25, 0.3) is 0 Å². The predicted molar refractivity (Wildman–Crippen MR) is 86.4 cm³/mol. The minimum atomic E-state index is -0.379. The Morgan fingerprint density at radius 1 is 1.14 bits per heavy atom. The first kappa shape index (κ1) is 15.5. The number of likely N-dealkylation sites (tertiary alicyclic amines) is 1. The van der Waals surface area contributed by atoms with Crippen molar-refractivity contribution in [2.75, 3.05) is 6.54 Å². The van der Waals surface area contributed by atoms with Gasteiger partial charge in [-0.1, -0.05) is 25.0 Å². The molecule has 1 aliphatic carbocycles. The third-order valence-corrected chi connectivity index (χ3v) is 5.31. The third kappa shape index (κ3) is 3.33. The first-order valence-corrected chi connectivity index (χ1v) is 8.46. The summed E-state index contributed by atoms with van der Waals surface area (Å²) in [5.41, 5.74) is 7.06. The zero-order valence-electron chi connectivity index (χ0n) is 13.1. The molecule has 0 radical (unpaired) electrons. The number of benzene rings is 1. The van der Waals surface area contributed by atoms with Crippen molar-refractivity contribution in [1.82, 2.24) is 4.90 Å². The van der Waals surface area contributed by atoms with Gasteiger partial charge in [0.1, 0.15) is 0 Å². The summed E-state index contributed by atoms with van der Waals surface area (Å²) in [6.07, 6.45) is 6.81. The number of aliphatic hydroxyl groups is 1. The molecule has 1 saturated heterocycles. The molecule has 120 valence electrons. The van der Waals surface area contributed by atoms with E-state index >= 15 is 0 Å². The molecule has 2 fully saturated rings. The minimum Gasteiger partial charge on any atom is -0.393 e. The molecular weight excluding hydrogens is 276 g/mol. The van der Waals surface area contributed by atoms with E-state index in [9.17, 15) is 9.90 Å². The maximum atomic E-state index is 11.1. The standard InChI is InChI=1S/C18H26N2O2/c19-18(22)14-9-7-13(8-10-14)12-20-11-3-5-16(20)15-4-1-2-6-17(15)21/h7-10,15-17,21H,1-6,11-12H2,(H2,19,22)/t15-,16+,17-/m0/s1. The number of carbonyl (C=O) groups is 1. The van der Waals surface area contributed by atoms with Crippen LogP contribution in [0.15, 0.2) is 24.3 Å². The van der Waals surface area contributed by atoms with Crippen LogP contribution in [0.1, 0.15) is 54.4 Å². The van der Waals surface area contributed by atoms with Crippen molar-refractivity contribution in [2.45, 2.75) is 57.2 Å². The van der Waals surface area contributed by atoms with Gasteiger partial charge in [-0.05, 0) is 49.9 Å². The molecule has 4 nitrogen and oxygen atoms in total. The Morgan fingerprint density at radius 2 is 1.86 bits per heavy atom.